The van der Waals surface area contributed by atoms with Crippen LogP contribution in [0.5, 0.6) is 0 Å². The summed E-state index contributed by atoms with van der Waals surface area (Å²) >= 11 is 1.78. The number of nitrogens with zero attached hydrogens (tertiary/aromatic N) is 1. The number of carbonyl (C=O) groups excluding carboxylic acids is 1. The van der Waals surface area contributed by atoms with E-state index < -0.39 is 0 Å². The third-order valence-corrected chi connectivity index (χ3v) is 4.73. The van der Waals surface area contributed by atoms with Crippen LogP contribution in [0.25, 0.3) is 0 Å². The molecule has 1 aromatic heterocycles. The monoisotopic (exact) mass is 279 g/mol. The molecule has 1 saturated heterocycles. The van der Waals surface area contributed by atoms with E-state index in [0.29, 0.717) is 17.5 Å². The molecule has 1 amide bonds. The number of piperidine rings is 1. The molecular formula is C14H21N3OS. The van der Waals surface area contributed by atoms with Crippen LogP contribution in [0.2, 0.25) is 0 Å². The SMILES string of the molecule is Cc1ccncc1CNC(=O)CSC1CCNCC1. The molecule has 0 unspecified atom stereocenters. The Balaban J connectivity index is 1.68. The third kappa shape index (κ3) is 4.84. The summed E-state index contributed by atoms with van der Waals surface area (Å²) in [5.41, 5.74) is 2.25. The third-order valence-electron chi connectivity index (χ3n) is 3.36. The van der Waals surface area contributed by atoms with Crippen LogP contribution in [0.4, 0.5) is 0 Å². The zero-order valence-electron chi connectivity index (χ0n) is 11.3. The van der Waals surface area contributed by atoms with Crippen molar-refractivity contribution in [1.82, 2.24) is 15.6 Å². The Morgan fingerprint density at radius 3 is 3.05 bits per heavy atom. The highest BCUT2D eigenvalue weighted by Crippen LogP contribution is 2.19. The Morgan fingerprint density at radius 2 is 2.32 bits per heavy atom. The van der Waals surface area contributed by atoms with Gasteiger partial charge in [0.2, 0.25) is 5.91 Å². The molecule has 0 aromatic carbocycles. The normalized spacial score (nSPS) is 16.3. The van der Waals surface area contributed by atoms with E-state index in [1.54, 1.807) is 18.0 Å². The molecule has 0 bridgehead atoms. The highest BCUT2D eigenvalue weighted by atomic mass is 32.2. The minimum atomic E-state index is 0.117. The molecule has 0 spiro atoms. The fourth-order valence-corrected chi connectivity index (χ4v) is 3.14. The van der Waals surface area contributed by atoms with Gasteiger partial charge in [0.15, 0.2) is 0 Å². The number of pyridine rings is 1. The van der Waals surface area contributed by atoms with Crippen molar-refractivity contribution in [3.63, 3.8) is 0 Å². The number of rotatable bonds is 5. The molecule has 0 atom stereocenters. The second-order valence-electron chi connectivity index (χ2n) is 4.84. The first kappa shape index (κ1) is 14.3. The smallest absolute Gasteiger partial charge is 0.230 e. The zero-order valence-corrected chi connectivity index (χ0v) is 12.1. The Morgan fingerprint density at radius 1 is 1.53 bits per heavy atom. The van der Waals surface area contributed by atoms with E-state index >= 15 is 0 Å². The van der Waals surface area contributed by atoms with E-state index in [9.17, 15) is 4.79 Å². The van der Waals surface area contributed by atoms with Crippen LogP contribution in [-0.2, 0) is 11.3 Å². The lowest BCUT2D eigenvalue weighted by Gasteiger charge is -2.21. The Kier molecular flexibility index (Phi) is 5.66. The van der Waals surface area contributed by atoms with Gasteiger partial charge < -0.3 is 10.6 Å². The second kappa shape index (κ2) is 7.50. The zero-order chi connectivity index (χ0) is 13.5. The molecular weight excluding hydrogens is 258 g/mol. The van der Waals surface area contributed by atoms with E-state index in [4.69, 9.17) is 0 Å². The number of aromatic nitrogens is 1. The van der Waals surface area contributed by atoms with Crippen molar-refractivity contribution in [3.8, 4) is 0 Å². The molecule has 2 N–H and O–H groups in total. The predicted molar refractivity (Wildman–Crippen MR) is 79.2 cm³/mol. The minimum Gasteiger partial charge on any atom is -0.351 e. The molecule has 1 aromatic rings. The van der Waals surface area contributed by atoms with Gasteiger partial charge in [-0.2, -0.15) is 0 Å². The maximum atomic E-state index is 11.8. The molecule has 1 aliphatic rings. The molecule has 0 radical (unpaired) electrons. The predicted octanol–water partition coefficient (Wildman–Crippen LogP) is 1.49. The van der Waals surface area contributed by atoms with Crippen LogP contribution >= 0.6 is 11.8 Å². The number of hydrogen-bond donors (Lipinski definition) is 2. The quantitative estimate of drug-likeness (QED) is 0.857. The summed E-state index contributed by atoms with van der Waals surface area (Å²) < 4.78 is 0. The summed E-state index contributed by atoms with van der Waals surface area (Å²) in [6.07, 6.45) is 5.92. The van der Waals surface area contributed by atoms with Crippen molar-refractivity contribution in [2.24, 2.45) is 0 Å². The van der Waals surface area contributed by atoms with E-state index in [1.807, 2.05) is 19.2 Å². The maximum Gasteiger partial charge on any atom is 0.230 e. The molecule has 4 nitrogen and oxygen atoms in total. The highest BCUT2D eigenvalue weighted by Gasteiger charge is 2.14. The standard InChI is InChI=1S/C14H21N3OS/c1-11-2-5-16-8-12(11)9-17-14(18)10-19-13-3-6-15-7-4-13/h2,5,8,13,15H,3-4,6-7,9-10H2,1H3,(H,17,18). The molecule has 1 aliphatic heterocycles. The lowest BCUT2D eigenvalue weighted by molar-refractivity contribution is -0.118. The summed E-state index contributed by atoms with van der Waals surface area (Å²) in [5, 5.41) is 6.93. The van der Waals surface area contributed by atoms with E-state index in [1.165, 1.54) is 18.4 Å². The summed E-state index contributed by atoms with van der Waals surface area (Å²) in [6, 6.07) is 1.96. The van der Waals surface area contributed by atoms with Crippen LogP contribution in [0, 0.1) is 6.92 Å². The summed E-state index contributed by atoms with van der Waals surface area (Å²) in [4.78, 5) is 15.9. The van der Waals surface area contributed by atoms with Crippen molar-refractivity contribution in [2.45, 2.75) is 31.6 Å². The lowest BCUT2D eigenvalue weighted by atomic mass is 10.1. The number of nitrogens with one attached hydrogen (secondary N) is 2. The second-order valence-corrected chi connectivity index (χ2v) is 6.13. The van der Waals surface area contributed by atoms with Crippen LogP contribution < -0.4 is 10.6 Å². The van der Waals surface area contributed by atoms with Gasteiger partial charge in [-0.3, -0.25) is 9.78 Å². The summed E-state index contributed by atoms with van der Waals surface area (Å²) in [7, 11) is 0. The van der Waals surface area contributed by atoms with Crippen molar-refractivity contribution >= 4 is 17.7 Å². The Labute approximate surface area is 118 Å². The topological polar surface area (TPSA) is 54.0 Å². The van der Waals surface area contributed by atoms with Gasteiger partial charge in [-0.05, 0) is 50.0 Å². The van der Waals surface area contributed by atoms with Crippen molar-refractivity contribution in [1.29, 1.82) is 0 Å². The number of carbonyl (C=O) groups is 1. The van der Waals surface area contributed by atoms with Gasteiger partial charge in [0.1, 0.15) is 0 Å². The average Bonchev–Trinajstić information content (AvgIpc) is 2.45. The molecule has 2 rings (SSSR count). The first-order chi connectivity index (χ1) is 9.25. The van der Waals surface area contributed by atoms with Gasteiger partial charge in [0.05, 0.1) is 5.75 Å². The molecule has 1 fully saturated rings. The largest absolute Gasteiger partial charge is 0.351 e. The number of aryl methyl sites for hydroxylation is 1. The summed E-state index contributed by atoms with van der Waals surface area (Å²) in [6.45, 7) is 4.76. The fourth-order valence-electron chi connectivity index (χ4n) is 2.08. The van der Waals surface area contributed by atoms with E-state index in [0.717, 1.165) is 18.7 Å². The average molecular weight is 279 g/mol. The molecule has 19 heavy (non-hydrogen) atoms. The number of amides is 1. The maximum absolute atomic E-state index is 11.8. The Hall–Kier alpha value is -1.07. The molecule has 5 heteroatoms. The van der Waals surface area contributed by atoms with Gasteiger partial charge in [0.25, 0.3) is 0 Å². The van der Waals surface area contributed by atoms with E-state index in [2.05, 4.69) is 15.6 Å². The molecule has 104 valence electrons. The van der Waals surface area contributed by atoms with Gasteiger partial charge >= 0.3 is 0 Å². The van der Waals surface area contributed by atoms with Crippen LogP contribution in [-0.4, -0.2) is 35.0 Å². The number of thioether (sulfide) groups is 1. The summed E-state index contributed by atoms with van der Waals surface area (Å²) in [5.74, 6) is 0.677. The van der Waals surface area contributed by atoms with Crippen LogP contribution in [0.15, 0.2) is 18.5 Å². The van der Waals surface area contributed by atoms with Gasteiger partial charge in [-0.15, -0.1) is 11.8 Å². The van der Waals surface area contributed by atoms with Gasteiger partial charge in [0, 0.05) is 24.2 Å². The first-order valence-corrected chi connectivity index (χ1v) is 7.79. The van der Waals surface area contributed by atoms with Gasteiger partial charge in [-0.1, -0.05) is 0 Å². The van der Waals surface area contributed by atoms with Crippen molar-refractivity contribution < 1.29 is 4.79 Å². The highest BCUT2D eigenvalue weighted by molar-refractivity contribution is 8.00. The van der Waals surface area contributed by atoms with Crippen molar-refractivity contribution in [3.05, 3.63) is 29.6 Å². The number of hydrogen-bond acceptors (Lipinski definition) is 4. The lowest BCUT2D eigenvalue weighted by Crippen LogP contribution is -2.31. The molecule has 0 saturated carbocycles. The minimum absolute atomic E-state index is 0.117. The van der Waals surface area contributed by atoms with Crippen LogP contribution in [0.1, 0.15) is 24.0 Å². The molecule has 2 heterocycles. The van der Waals surface area contributed by atoms with Crippen LogP contribution in [0.3, 0.4) is 0 Å². The van der Waals surface area contributed by atoms with E-state index in [-0.39, 0.29) is 5.91 Å². The van der Waals surface area contributed by atoms with Crippen molar-refractivity contribution in [2.75, 3.05) is 18.8 Å². The Bertz CT molecular complexity index is 419. The molecule has 0 aliphatic carbocycles. The first-order valence-electron chi connectivity index (χ1n) is 6.74. The van der Waals surface area contributed by atoms with Gasteiger partial charge in [-0.25, -0.2) is 0 Å². The fraction of sp³-hybridized carbons (Fsp3) is 0.571.